The molecule has 0 saturated carbocycles. The maximum Gasteiger partial charge on any atom is 0.316 e. The van der Waals surface area contributed by atoms with Gasteiger partial charge in [-0.05, 0) is 26.3 Å². The first-order chi connectivity index (χ1) is 12.7. The summed E-state index contributed by atoms with van der Waals surface area (Å²) in [5.74, 6) is 0.928. The van der Waals surface area contributed by atoms with Crippen LogP contribution >= 0.6 is 11.8 Å². The van der Waals surface area contributed by atoms with Gasteiger partial charge >= 0.3 is 5.97 Å². The molecule has 0 radical (unpaired) electrons. The number of hydrogen-bond donors (Lipinski definition) is 1. The van der Waals surface area contributed by atoms with E-state index >= 15 is 0 Å². The maximum atomic E-state index is 12.1. The molecule has 0 aliphatic heterocycles. The average Bonchev–Trinajstić information content (AvgIpc) is 2.95. The number of nitrogens with zero attached hydrogens (tertiary/aromatic N) is 3. The van der Waals surface area contributed by atoms with Crippen LogP contribution < -0.4 is 4.90 Å². The number of ether oxygens (including phenoxy) is 1. The Morgan fingerprint density at radius 3 is 2.44 bits per heavy atom. The highest BCUT2D eigenvalue weighted by molar-refractivity contribution is 7.99. The zero-order valence-corrected chi connectivity index (χ0v) is 18.0. The Kier molecular flexibility index (Phi) is 7.44. The number of nitrogens with one attached hydrogen (secondary N) is 1. The summed E-state index contributed by atoms with van der Waals surface area (Å²) >= 11 is 1.38. The lowest BCUT2D eigenvalue weighted by atomic mass is 10.2. The minimum Gasteiger partial charge on any atom is -0.459 e. The van der Waals surface area contributed by atoms with E-state index in [2.05, 4.69) is 47.9 Å². The number of aromatic nitrogens is 3. The summed E-state index contributed by atoms with van der Waals surface area (Å²) in [6.07, 6.45) is 0.964. The van der Waals surface area contributed by atoms with Gasteiger partial charge in [-0.1, -0.05) is 49.0 Å². The summed E-state index contributed by atoms with van der Waals surface area (Å²) in [5, 5.41) is 9.61. The molecule has 0 spiro atoms. The molecule has 2 rings (SSSR count). The monoisotopic (exact) mass is 391 g/mol. The van der Waals surface area contributed by atoms with Crippen LogP contribution in [-0.4, -0.2) is 46.2 Å². The number of benzene rings is 1. The van der Waals surface area contributed by atoms with Gasteiger partial charge < -0.3 is 9.64 Å². The molecule has 0 fully saturated rings. The van der Waals surface area contributed by atoms with Crippen molar-refractivity contribution in [3.05, 3.63) is 41.7 Å². The van der Waals surface area contributed by atoms with Crippen molar-refractivity contribution >= 4 is 17.7 Å². The highest BCUT2D eigenvalue weighted by Crippen LogP contribution is 2.23. The molecule has 0 unspecified atom stereocenters. The van der Waals surface area contributed by atoms with Crippen LogP contribution in [0, 0.1) is 0 Å². The molecule has 1 aromatic carbocycles. The topological polar surface area (TPSA) is 61.4 Å². The predicted molar refractivity (Wildman–Crippen MR) is 108 cm³/mol. The fraction of sp³-hybridized carbons (Fsp3) is 0.550. The van der Waals surface area contributed by atoms with Gasteiger partial charge in [0.05, 0.1) is 26.4 Å². The highest BCUT2D eigenvalue weighted by Gasteiger charge is 2.26. The van der Waals surface area contributed by atoms with Crippen LogP contribution in [-0.2, 0) is 16.1 Å². The second-order valence-electron chi connectivity index (χ2n) is 7.83. The number of rotatable bonds is 8. The van der Waals surface area contributed by atoms with E-state index in [1.807, 2.05) is 39.0 Å². The van der Waals surface area contributed by atoms with Crippen molar-refractivity contribution in [3.63, 3.8) is 0 Å². The van der Waals surface area contributed by atoms with E-state index in [0.717, 1.165) is 17.4 Å². The van der Waals surface area contributed by atoms with E-state index in [-0.39, 0.29) is 17.8 Å². The third-order valence-electron chi connectivity index (χ3n) is 4.08. The number of carbonyl (C=O) groups excluding carboxylic acids is 1. The molecule has 1 heterocycles. The van der Waals surface area contributed by atoms with Crippen LogP contribution in [0.4, 0.5) is 0 Å². The normalized spacial score (nSPS) is 13.0. The molecule has 0 aliphatic carbocycles. The van der Waals surface area contributed by atoms with E-state index in [1.165, 1.54) is 22.2 Å². The summed E-state index contributed by atoms with van der Waals surface area (Å²) in [6, 6.07) is 10.5. The third-order valence-corrected chi connectivity index (χ3v) is 5.03. The van der Waals surface area contributed by atoms with Gasteiger partial charge in [0.2, 0.25) is 0 Å². The molecule has 27 heavy (non-hydrogen) atoms. The highest BCUT2D eigenvalue weighted by atomic mass is 32.2. The molecular weight excluding hydrogens is 360 g/mol. The molecule has 1 N–H and O–H groups in total. The minimum absolute atomic E-state index is 0.218. The zero-order chi connectivity index (χ0) is 20.0. The second kappa shape index (κ2) is 9.37. The standard InChI is InChI=1S/C20H30N4O2S/c1-7-16(23(5)6)18-21-22-19(27-14-17(25)26-20(2,3)4)24(18)13-15-11-9-8-10-12-15/h8-12,16H,7,13-14H2,1-6H3/p+1/t16-/m0/s1. The largest absolute Gasteiger partial charge is 0.459 e. The first-order valence-electron chi connectivity index (χ1n) is 9.33. The first-order valence-corrected chi connectivity index (χ1v) is 10.3. The lowest BCUT2D eigenvalue weighted by molar-refractivity contribution is -0.893. The van der Waals surface area contributed by atoms with Gasteiger partial charge in [0.15, 0.2) is 11.0 Å². The smallest absolute Gasteiger partial charge is 0.316 e. The molecule has 0 amide bonds. The Morgan fingerprint density at radius 2 is 1.89 bits per heavy atom. The fourth-order valence-electron chi connectivity index (χ4n) is 2.92. The molecule has 6 nitrogen and oxygen atoms in total. The Hall–Kier alpha value is -1.86. The van der Waals surface area contributed by atoms with Crippen molar-refractivity contribution in [3.8, 4) is 0 Å². The Balaban J connectivity index is 2.25. The van der Waals surface area contributed by atoms with Gasteiger partial charge in [-0.3, -0.25) is 9.36 Å². The van der Waals surface area contributed by atoms with Gasteiger partial charge in [0.25, 0.3) is 0 Å². The van der Waals surface area contributed by atoms with Crippen LogP contribution in [0.1, 0.15) is 51.5 Å². The van der Waals surface area contributed by atoms with Crippen molar-refractivity contribution < 1.29 is 14.4 Å². The molecule has 0 aliphatic rings. The summed E-state index contributed by atoms with van der Waals surface area (Å²) in [5.41, 5.74) is 0.698. The molecule has 1 aromatic heterocycles. The first kappa shape index (κ1) is 21.4. The fourth-order valence-corrected chi connectivity index (χ4v) is 3.64. The zero-order valence-electron chi connectivity index (χ0n) is 17.2. The lowest BCUT2D eigenvalue weighted by Gasteiger charge is -2.21. The Bertz CT molecular complexity index is 738. The van der Waals surface area contributed by atoms with Crippen molar-refractivity contribution in [2.45, 2.75) is 57.5 Å². The average molecular weight is 392 g/mol. The lowest BCUT2D eigenvalue weighted by Crippen LogP contribution is -3.06. The number of esters is 1. The van der Waals surface area contributed by atoms with Crippen LogP contribution in [0.25, 0.3) is 0 Å². The number of quaternary nitrogens is 1. The van der Waals surface area contributed by atoms with Gasteiger partial charge in [-0.2, -0.15) is 0 Å². The molecule has 0 saturated heterocycles. The van der Waals surface area contributed by atoms with Crippen LogP contribution in [0.3, 0.4) is 0 Å². The number of carbonyl (C=O) groups is 1. The Labute approximate surface area is 166 Å². The van der Waals surface area contributed by atoms with Crippen molar-refractivity contribution in [1.82, 2.24) is 14.8 Å². The minimum atomic E-state index is -0.484. The summed E-state index contributed by atoms with van der Waals surface area (Å²) < 4.78 is 7.54. The molecule has 0 bridgehead atoms. The van der Waals surface area contributed by atoms with E-state index in [1.54, 1.807) is 0 Å². The van der Waals surface area contributed by atoms with E-state index in [9.17, 15) is 4.79 Å². The molecular formula is C20H31N4O2S+. The molecule has 1 atom stereocenters. The van der Waals surface area contributed by atoms with Gasteiger partial charge in [0, 0.05) is 6.42 Å². The van der Waals surface area contributed by atoms with E-state index in [0.29, 0.717) is 6.54 Å². The van der Waals surface area contributed by atoms with Gasteiger partial charge in [-0.15, -0.1) is 10.2 Å². The number of hydrogen-bond acceptors (Lipinski definition) is 5. The van der Waals surface area contributed by atoms with Gasteiger partial charge in [-0.25, -0.2) is 0 Å². The van der Waals surface area contributed by atoms with Gasteiger partial charge in [0.1, 0.15) is 11.6 Å². The van der Waals surface area contributed by atoms with Crippen LogP contribution in [0.5, 0.6) is 0 Å². The molecule has 148 valence electrons. The van der Waals surface area contributed by atoms with Crippen molar-refractivity contribution in [2.75, 3.05) is 19.8 Å². The second-order valence-corrected chi connectivity index (χ2v) is 8.77. The van der Waals surface area contributed by atoms with Crippen molar-refractivity contribution in [1.29, 1.82) is 0 Å². The number of thioether (sulfide) groups is 1. The SMILES string of the molecule is CC[C@@H](c1nnc(SCC(=O)OC(C)(C)C)n1Cc1ccccc1)[NH+](C)C. The quantitative estimate of drug-likeness (QED) is 0.553. The molecule has 2 aromatic rings. The summed E-state index contributed by atoms with van der Waals surface area (Å²) in [7, 11) is 4.26. The molecule has 7 heteroatoms. The third kappa shape index (κ3) is 6.36. The van der Waals surface area contributed by atoms with Crippen LogP contribution in [0.15, 0.2) is 35.5 Å². The van der Waals surface area contributed by atoms with Crippen LogP contribution in [0.2, 0.25) is 0 Å². The predicted octanol–water partition coefficient (Wildman–Crippen LogP) is 2.36. The summed E-state index contributed by atoms with van der Waals surface area (Å²) in [4.78, 5) is 13.4. The summed E-state index contributed by atoms with van der Waals surface area (Å²) in [6.45, 7) is 8.46. The van der Waals surface area contributed by atoms with Crippen molar-refractivity contribution in [2.24, 2.45) is 0 Å². The Morgan fingerprint density at radius 1 is 1.22 bits per heavy atom. The van der Waals surface area contributed by atoms with E-state index in [4.69, 9.17) is 4.74 Å². The maximum absolute atomic E-state index is 12.1. The van der Waals surface area contributed by atoms with E-state index < -0.39 is 5.60 Å².